The average molecular weight is 339 g/mol. The number of aryl methyl sites for hydroxylation is 2. The molecular formula is C14H12Cl2N4S. The van der Waals surface area contributed by atoms with Gasteiger partial charge in [0.15, 0.2) is 5.82 Å². The van der Waals surface area contributed by atoms with Crippen molar-refractivity contribution in [2.45, 2.75) is 13.8 Å². The van der Waals surface area contributed by atoms with Crippen molar-refractivity contribution in [2.24, 2.45) is 0 Å². The van der Waals surface area contributed by atoms with Crippen LogP contribution in [0.4, 0.5) is 5.82 Å². The van der Waals surface area contributed by atoms with Crippen molar-refractivity contribution < 1.29 is 0 Å². The summed E-state index contributed by atoms with van der Waals surface area (Å²) in [5.74, 6) is 1.28. The molecular weight excluding hydrogens is 327 g/mol. The fourth-order valence-electron chi connectivity index (χ4n) is 2.12. The molecule has 0 spiro atoms. The van der Waals surface area contributed by atoms with E-state index in [1.165, 1.54) is 10.4 Å². The van der Waals surface area contributed by atoms with Crippen molar-refractivity contribution >= 4 is 50.6 Å². The largest absolute Gasteiger partial charge is 0.372 e. The Morgan fingerprint density at radius 1 is 1.19 bits per heavy atom. The molecule has 1 N–H and O–H groups in total. The van der Waals surface area contributed by atoms with E-state index < -0.39 is 0 Å². The Labute approximate surface area is 136 Å². The van der Waals surface area contributed by atoms with Gasteiger partial charge in [0, 0.05) is 18.1 Å². The number of hydrogen-bond acceptors (Lipinski definition) is 5. The zero-order valence-electron chi connectivity index (χ0n) is 11.7. The summed E-state index contributed by atoms with van der Waals surface area (Å²) in [7, 11) is 1.84. The third-order valence-electron chi connectivity index (χ3n) is 3.29. The molecule has 0 amide bonds. The molecule has 0 aliphatic rings. The molecule has 21 heavy (non-hydrogen) atoms. The molecule has 0 aliphatic carbocycles. The van der Waals surface area contributed by atoms with Crippen molar-refractivity contribution in [3.8, 4) is 11.5 Å². The Morgan fingerprint density at radius 2 is 1.95 bits per heavy atom. The maximum absolute atomic E-state index is 6.20. The van der Waals surface area contributed by atoms with Gasteiger partial charge in [0.2, 0.25) is 0 Å². The number of aromatic nitrogens is 3. The van der Waals surface area contributed by atoms with Crippen molar-refractivity contribution in [3.63, 3.8) is 0 Å². The van der Waals surface area contributed by atoms with E-state index in [0.717, 1.165) is 16.0 Å². The zero-order chi connectivity index (χ0) is 15.1. The Kier molecular flexibility index (Phi) is 3.73. The van der Waals surface area contributed by atoms with Gasteiger partial charge in [-0.05, 0) is 25.5 Å². The minimum Gasteiger partial charge on any atom is -0.372 e. The number of fused-ring (bicyclic) bond motifs is 1. The molecule has 108 valence electrons. The lowest BCUT2D eigenvalue weighted by Crippen LogP contribution is -1.99. The van der Waals surface area contributed by atoms with Gasteiger partial charge in [-0.15, -0.1) is 11.3 Å². The normalized spacial score (nSPS) is 11.1. The van der Waals surface area contributed by atoms with Gasteiger partial charge in [-0.3, -0.25) is 0 Å². The van der Waals surface area contributed by atoms with E-state index in [-0.39, 0.29) is 0 Å². The summed E-state index contributed by atoms with van der Waals surface area (Å²) < 4.78 is 0. The van der Waals surface area contributed by atoms with Crippen LogP contribution in [0.5, 0.6) is 0 Å². The molecule has 4 nitrogen and oxygen atoms in total. The predicted molar refractivity (Wildman–Crippen MR) is 89.7 cm³/mol. The van der Waals surface area contributed by atoms with E-state index in [2.05, 4.69) is 34.1 Å². The molecule has 0 saturated heterocycles. The van der Waals surface area contributed by atoms with Crippen LogP contribution in [0.2, 0.25) is 10.0 Å². The van der Waals surface area contributed by atoms with Crippen LogP contribution in [-0.2, 0) is 0 Å². The maximum Gasteiger partial charge on any atom is 0.183 e. The Morgan fingerprint density at radius 3 is 2.62 bits per heavy atom. The summed E-state index contributed by atoms with van der Waals surface area (Å²) in [6, 6.07) is 1.64. The first-order chi connectivity index (χ1) is 10.0. The number of hydrogen-bond donors (Lipinski definition) is 1. The predicted octanol–water partition coefficient (Wildman–Crippen LogP) is 4.72. The SMILES string of the molecule is CNc1nc(-c2ncc(Cl)cc2Cl)nc2sc(C)c(C)c12. The van der Waals surface area contributed by atoms with Gasteiger partial charge in [-0.2, -0.15) is 0 Å². The van der Waals surface area contributed by atoms with Gasteiger partial charge in [0.05, 0.1) is 15.4 Å². The molecule has 0 unspecified atom stereocenters. The highest BCUT2D eigenvalue weighted by molar-refractivity contribution is 7.18. The molecule has 3 aromatic rings. The maximum atomic E-state index is 6.20. The number of halogens is 2. The summed E-state index contributed by atoms with van der Waals surface area (Å²) in [5.41, 5.74) is 1.73. The molecule has 0 saturated carbocycles. The van der Waals surface area contributed by atoms with Crippen molar-refractivity contribution in [2.75, 3.05) is 12.4 Å². The van der Waals surface area contributed by atoms with Crippen LogP contribution in [0.15, 0.2) is 12.3 Å². The molecule has 7 heteroatoms. The highest BCUT2D eigenvalue weighted by atomic mass is 35.5. The first kappa shape index (κ1) is 14.5. The fourth-order valence-corrected chi connectivity index (χ4v) is 3.61. The van der Waals surface area contributed by atoms with Gasteiger partial charge in [-0.25, -0.2) is 15.0 Å². The second-order valence-corrected chi connectivity index (χ2v) is 6.64. The van der Waals surface area contributed by atoms with Gasteiger partial charge in [-0.1, -0.05) is 23.2 Å². The minimum atomic E-state index is 0.439. The summed E-state index contributed by atoms with van der Waals surface area (Å²) in [4.78, 5) is 15.5. The van der Waals surface area contributed by atoms with Crippen molar-refractivity contribution in [1.82, 2.24) is 15.0 Å². The summed E-state index contributed by atoms with van der Waals surface area (Å²) in [6.07, 6.45) is 1.54. The second kappa shape index (κ2) is 5.40. The van der Waals surface area contributed by atoms with Gasteiger partial charge in [0.1, 0.15) is 16.3 Å². The Bertz CT molecular complexity index is 845. The lowest BCUT2D eigenvalue weighted by Gasteiger charge is -2.07. The summed E-state index contributed by atoms with van der Waals surface area (Å²) in [5, 5.41) is 5.10. The topological polar surface area (TPSA) is 50.7 Å². The van der Waals surface area contributed by atoms with Crippen LogP contribution in [0, 0.1) is 13.8 Å². The molecule has 3 aromatic heterocycles. The molecule has 0 radical (unpaired) electrons. The number of nitrogens with zero attached hydrogens (tertiary/aromatic N) is 3. The fraction of sp³-hybridized carbons (Fsp3) is 0.214. The van der Waals surface area contributed by atoms with Crippen LogP contribution in [0.3, 0.4) is 0 Å². The van der Waals surface area contributed by atoms with Gasteiger partial charge in [0.25, 0.3) is 0 Å². The number of pyridine rings is 1. The smallest absolute Gasteiger partial charge is 0.183 e. The molecule has 3 heterocycles. The lowest BCUT2D eigenvalue weighted by molar-refractivity contribution is 1.17. The minimum absolute atomic E-state index is 0.439. The highest BCUT2D eigenvalue weighted by Crippen LogP contribution is 2.35. The van der Waals surface area contributed by atoms with Crippen LogP contribution < -0.4 is 5.32 Å². The van der Waals surface area contributed by atoms with Crippen LogP contribution in [-0.4, -0.2) is 22.0 Å². The van der Waals surface area contributed by atoms with E-state index in [4.69, 9.17) is 23.2 Å². The average Bonchev–Trinajstić information content (AvgIpc) is 2.73. The molecule has 0 fully saturated rings. The van der Waals surface area contributed by atoms with E-state index in [0.29, 0.717) is 21.6 Å². The monoisotopic (exact) mass is 338 g/mol. The Balaban J connectivity index is 2.29. The molecule has 0 aliphatic heterocycles. The van der Waals surface area contributed by atoms with Crippen molar-refractivity contribution in [3.05, 3.63) is 32.7 Å². The third kappa shape index (κ3) is 2.46. The van der Waals surface area contributed by atoms with E-state index >= 15 is 0 Å². The summed E-state index contributed by atoms with van der Waals surface area (Å²) >= 11 is 13.7. The first-order valence-corrected chi connectivity index (χ1v) is 7.85. The first-order valence-electron chi connectivity index (χ1n) is 6.28. The number of rotatable bonds is 2. The standard InChI is InChI=1S/C14H12Cl2N4S/c1-6-7(2)21-14-10(6)12(17-3)19-13(20-14)11-9(16)4-8(15)5-18-11/h4-5H,1-3H3,(H,17,19,20). The quantitative estimate of drug-likeness (QED) is 0.734. The number of nitrogens with one attached hydrogen (secondary N) is 1. The van der Waals surface area contributed by atoms with Crippen molar-refractivity contribution in [1.29, 1.82) is 0 Å². The summed E-state index contributed by atoms with van der Waals surface area (Å²) in [6.45, 7) is 4.15. The number of thiophene rings is 1. The van der Waals surface area contributed by atoms with Crippen LogP contribution in [0.1, 0.15) is 10.4 Å². The molecule has 3 rings (SSSR count). The van der Waals surface area contributed by atoms with Crippen LogP contribution >= 0.6 is 34.5 Å². The lowest BCUT2D eigenvalue weighted by atomic mass is 10.2. The third-order valence-corrected chi connectivity index (χ3v) is 4.88. The second-order valence-electron chi connectivity index (χ2n) is 4.59. The van der Waals surface area contributed by atoms with E-state index in [9.17, 15) is 0 Å². The van der Waals surface area contributed by atoms with E-state index in [1.54, 1.807) is 23.6 Å². The molecule has 0 aromatic carbocycles. The van der Waals surface area contributed by atoms with E-state index in [1.807, 2.05) is 7.05 Å². The highest BCUT2D eigenvalue weighted by Gasteiger charge is 2.17. The van der Waals surface area contributed by atoms with Gasteiger partial charge >= 0.3 is 0 Å². The molecule has 0 atom stereocenters. The zero-order valence-corrected chi connectivity index (χ0v) is 14.0. The Hall–Kier alpha value is -1.43. The number of anilines is 1. The van der Waals surface area contributed by atoms with Crippen LogP contribution in [0.25, 0.3) is 21.7 Å². The van der Waals surface area contributed by atoms with Gasteiger partial charge < -0.3 is 5.32 Å². The molecule has 0 bridgehead atoms.